The van der Waals surface area contributed by atoms with Crippen LogP contribution in [0.2, 0.25) is 0 Å². The Morgan fingerprint density at radius 2 is 1.95 bits per heavy atom. The molecule has 0 aromatic heterocycles. The second-order valence-electron chi connectivity index (χ2n) is 4.10. The van der Waals surface area contributed by atoms with Gasteiger partial charge in [0.15, 0.2) is 11.6 Å². The van der Waals surface area contributed by atoms with Crippen LogP contribution in [0.1, 0.15) is 6.92 Å². The molecule has 1 aromatic carbocycles. The van der Waals surface area contributed by atoms with Crippen molar-refractivity contribution < 1.29 is 18.5 Å². The number of rotatable bonds is 3. The van der Waals surface area contributed by atoms with Crippen molar-refractivity contribution in [2.45, 2.75) is 6.92 Å². The topological polar surface area (TPSA) is 66.7 Å². The molecule has 1 aliphatic rings. The van der Waals surface area contributed by atoms with Crippen molar-refractivity contribution in [1.82, 2.24) is 4.90 Å². The van der Waals surface area contributed by atoms with Crippen molar-refractivity contribution in [3.63, 3.8) is 0 Å². The molecule has 0 radical (unpaired) electrons. The van der Waals surface area contributed by atoms with E-state index in [1.165, 1.54) is 9.80 Å². The Labute approximate surface area is 107 Å². The molecule has 0 spiro atoms. The van der Waals surface area contributed by atoms with E-state index in [1.807, 2.05) is 0 Å². The Morgan fingerprint density at radius 3 is 2.37 bits per heavy atom. The second-order valence-corrected chi connectivity index (χ2v) is 4.10. The van der Waals surface area contributed by atoms with Crippen molar-refractivity contribution in [1.29, 1.82) is 0 Å². The quantitative estimate of drug-likeness (QED) is 0.617. The lowest BCUT2D eigenvalue weighted by atomic mass is 10.2. The van der Waals surface area contributed by atoms with E-state index in [1.54, 1.807) is 6.92 Å². The number of nitro groups is 1. The van der Waals surface area contributed by atoms with Crippen LogP contribution in [0, 0.1) is 21.7 Å². The third-order valence-electron chi connectivity index (χ3n) is 2.93. The van der Waals surface area contributed by atoms with Gasteiger partial charge in [-0.25, -0.2) is 8.78 Å². The summed E-state index contributed by atoms with van der Waals surface area (Å²) in [5.74, 6) is -2.32. The molecule has 0 aliphatic carbocycles. The van der Waals surface area contributed by atoms with Crippen LogP contribution in [0.4, 0.5) is 20.2 Å². The fraction of sp³-hybridized carbons (Fsp3) is 0.364. The van der Waals surface area contributed by atoms with Crippen LogP contribution in [0.25, 0.3) is 0 Å². The lowest BCUT2D eigenvalue weighted by Gasteiger charge is -2.19. The molecule has 102 valence electrons. The number of halogens is 2. The highest BCUT2D eigenvalue weighted by Gasteiger charge is 2.31. The molecule has 0 bridgehead atoms. The Kier molecular flexibility index (Phi) is 3.32. The zero-order chi connectivity index (χ0) is 14.2. The predicted molar refractivity (Wildman–Crippen MR) is 62.6 cm³/mol. The molecule has 0 N–H and O–H groups in total. The lowest BCUT2D eigenvalue weighted by molar-refractivity contribution is -0.385. The fourth-order valence-electron chi connectivity index (χ4n) is 1.98. The van der Waals surface area contributed by atoms with Gasteiger partial charge in [0.1, 0.15) is 5.69 Å². The number of nitro benzene ring substituents is 1. The minimum Gasteiger partial charge on any atom is -0.340 e. The highest BCUT2D eigenvalue weighted by atomic mass is 19.1. The van der Waals surface area contributed by atoms with Gasteiger partial charge in [0, 0.05) is 6.54 Å². The number of hydrogen-bond acceptors (Lipinski definition) is 4. The van der Waals surface area contributed by atoms with Crippen LogP contribution >= 0.6 is 0 Å². The Balaban J connectivity index is 2.36. The van der Waals surface area contributed by atoms with E-state index in [9.17, 15) is 23.7 Å². The minimum absolute atomic E-state index is 0.0704. The van der Waals surface area contributed by atoms with Gasteiger partial charge in [0.05, 0.1) is 30.3 Å². The number of amides is 1. The molecule has 19 heavy (non-hydrogen) atoms. The zero-order valence-corrected chi connectivity index (χ0v) is 10.1. The van der Waals surface area contributed by atoms with E-state index in [4.69, 9.17) is 0 Å². The van der Waals surface area contributed by atoms with E-state index in [0.717, 1.165) is 0 Å². The number of likely N-dealkylation sites (N-methyl/N-ethyl adjacent to an activating group) is 1. The number of anilines is 1. The van der Waals surface area contributed by atoms with Gasteiger partial charge in [0.2, 0.25) is 5.91 Å². The summed E-state index contributed by atoms with van der Waals surface area (Å²) in [5, 5.41) is 10.5. The Bertz CT molecular complexity index is 527. The van der Waals surface area contributed by atoms with E-state index >= 15 is 0 Å². The molecule has 1 amide bonds. The third-order valence-corrected chi connectivity index (χ3v) is 2.93. The summed E-state index contributed by atoms with van der Waals surface area (Å²) in [6.07, 6.45) is 0. The van der Waals surface area contributed by atoms with Crippen molar-refractivity contribution in [3.8, 4) is 0 Å². The van der Waals surface area contributed by atoms with Crippen molar-refractivity contribution in [2.75, 3.05) is 24.7 Å². The molecule has 8 heteroatoms. The van der Waals surface area contributed by atoms with Crippen molar-refractivity contribution in [3.05, 3.63) is 33.9 Å². The number of hydrogen-bond donors (Lipinski definition) is 0. The van der Waals surface area contributed by atoms with E-state index in [-0.39, 0.29) is 19.1 Å². The molecular formula is C11H11F2N3O3. The van der Waals surface area contributed by atoms with Gasteiger partial charge in [-0.3, -0.25) is 14.9 Å². The minimum atomic E-state index is -1.04. The molecule has 1 aromatic rings. The largest absolute Gasteiger partial charge is 0.340 e. The number of carbonyl (C=O) groups is 1. The van der Waals surface area contributed by atoms with Gasteiger partial charge >= 0.3 is 0 Å². The number of non-ortho nitro benzene ring substituents is 1. The van der Waals surface area contributed by atoms with Crippen LogP contribution in [-0.2, 0) is 4.79 Å². The SMILES string of the molecule is CCN1CN(c2c(F)cc([N+](=O)[O-])cc2F)CC1=O. The Morgan fingerprint density at radius 1 is 1.37 bits per heavy atom. The molecular weight excluding hydrogens is 260 g/mol. The monoisotopic (exact) mass is 271 g/mol. The van der Waals surface area contributed by atoms with Gasteiger partial charge in [-0.15, -0.1) is 0 Å². The first-order chi connectivity index (χ1) is 8.93. The van der Waals surface area contributed by atoms with E-state index in [2.05, 4.69) is 0 Å². The highest BCUT2D eigenvalue weighted by Crippen LogP contribution is 2.29. The van der Waals surface area contributed by atoms with Crippen LogP contribution in [0.15, 0.2) is 12.1 Å². The fourth-order valence-corrected chi connectivity index (χ4v) is 1.98. The molecule has 1 fully saturated rings. The summed E-state index contributed by atoms with van der Waals surface area (Å²) in [7, 11) is 0. The van der Waals surface area contributed by atoms with Crippen LogP contribution in [0.3, 0.4) is 0 Å². The third kappa shape index (κ3) is 2.33. The van der Waals surface area contributed by atoms with E-state index in [0.29, 0.717) is 18.7 Å². The van der Waals surface area contributed by atoms with Gasteiger partial charge < -0.3 is 9.80 Å². The highest BCUT2D eigenvalue weighted by molar-refractivity contribution is 5.85. The maximum Gasteiger partial charge on any atom is 0.275 e. The molecule has 0 saturated carbocycles. The summed E-state index contributed by atoms with van der Waals surface area (Å²) in [5.41, 5.74) is -1.06. The van der Waals surface area contributed by atoms with Crippen molar-refractivity contribution >= 4 is 17.3 Å². The standard InChI is InChI=1S/C11H11F2N3O3/c1-2-14-6-15(5-10(14)17)11-8(12)3-7(16(18)19)4-9(11)13/h3-4H,2,5-6H2,1H3. The Hall–Kier alpha value is -2.25. The van der Waals surface area contributed by atoms with Crippen LogP contribution in [0.5, 0.6) is 0 Å². The lowest BCUT2D eigenvalue weighted by Crippen LogP contribution is -2.27. The summed E-state index contributed by atoms with van der Waals surface area (Å²) in [4.78, 5) is 23.8. The summed E-state index contributed by atoms with van der Waals surface area (Å²) in [6, 6.07) is 1.30. The summed E-state index contributed by atoms with van der Waals surface area (Å²) in [6.45, 7) is 2.12. The molecule has 1 aliphatic heterocycles. The molecule has 0 atom stereocenters. The van der Waals surface area contributed by atoms with Gasteiger partial charge in [0.25, 0.3) is 5.69 Å². The first-order valence-corrected chi connectivity index (χ1v) is 5.60. The molecule has 2 rings (SSSR count). The number of benzene rings is 1. The normalized spacial score (nSPS) is 15.2. The van der Waals surface area contributed by atoms with Crippen molar-refractivity contribution in [2.24, 2.45) is 0 Å². The maximum absolute atomic E-state index is 13.8. The predicted octanol–water partition coefficient (Wildman–Crippen LogP) is 1.50. The summed E-state index contributed by atoms with van der Waals surface area (Å²) < 4.78 is 27.5. The molecule has 1 saturated heterocycles. The van der Waals surface area contributed by atoms with Crippen LogP contribution in [-0.4, -0.2) is 35.5 Å². The summed E-state index contributed by atoms with van der Waals surface area (Å²) >= 11 is 0. The van der Waals surface area contributed by atoms with Gasteiger partial charge in [-0.1, -0.05) is 0 Å². The van der Waals surface area contributed by atoms with Gasteiger partial charge in [-0.05, 0) is 6.92 Å². The van der Waals surface area contributed by atoms with Crippen LogP contribution < -0.4 is 4.90 Å². The average Bonchev–Trinajstić information content (AvgIpc) is 2.69. The molecule has 6 nitrogen and oxygen atoms in total. The van der Waals surface area contributed by atoms with E-state index < -0.39 is 27.9 Å². The van der Waals surface area contributed by atoms with Gasteiger partial charge in [-0.2, -0.15) is 0 Å². The average molecular weight is 271 g/mol. The number of carbonyl (C=O) groups excluding carboxylic acids is 1. The smallest absolute Gasteiger partial charge is 0.275 e. The zero-order valence-electron chi connectivity index (χ0n) is 10.1. The first kappa shape index (κ1) is 13.2. The second kappa shape index (κ2) is 4.79. The maximum atomic E-state index is 13.8. The molecule has 0 unspecified atom stereocenters. The molecule has 1 heterocycles. The first-order valence-electron chi connectivity index (χ1n) is 5.60. The number of nitrogens with zero attached hydrogens (tertiary/aromatic N) is 3.